The largest absolute Gasteiger partial charge is 0.507 e. The highest BCUT2D eigenvalue weighted by molar-refractivity contribution is 5.54. The molecule has 0 saturated carbocycles. The third kappa shape index (κ3) is 3.64. The molecule has 1 aliphatic heterocycles. The molecule has 1 heterocycles. The van der Waals surface area contributed by atoms with Crippen LogP contribution in [0, 0.1) is 5.92 Å². The van der Waals surface area contributed by atoms with Crippen LogP contribution >= 0.6 is 0 Å². The van der Waals surface area contributed by atoms with Gasteiger partial charge < -0.3 is 15.1 Å². The van der Waals surface area contributed by atoms with E-state index in [1.54, 1.807) is 13.0 Å². The lowest BCUT2D eigenvalue weighted by Crippen LogP contribution is -2.47. The lowest BCUT2D eigenvalue weighted by molar-refractivity contribution is 0.195. The summed E-state index contributed by atoms with van der Waals surface area (Å²) in [6.07, 6.45) is -0.632. The minimum atomic E-state index is -0.632. The molecule has 4 heteroatoms. The summed E-state index contributed by atoms with van der Waals surface area (Å²) in [5.41, 5.74) is 1.63. The van der Waals surface area contributed by atoms with Crippen molar-refractivity contribution in [1.29, 1.82) is 0 Å². The number of piperazine rings is 1. The van der Waals surface area contributed by atoms with Gasteiger partial charge in [0, 0.05) is 50.0 Å². The highest BCUT2D eigenvalue weighted by atomic mass is 16.3. The van der Waals surface area contributed by atoms with Crippen molar-refractivity contribution in [3.8, 4) is 5.75 Å². The zero-order valence-corrected chi connectivity index (χ0v) is 12.7. The maximum Gasteiger partial charge on any atom is 0.123 e. The molecule has 112 valence electrons. The molecule has 1 fully saturated rings. The summed E-state index contributed by atoms with van der Waals surface area (Å²) >= 11 is 0. The smallest absolute Gasteiger partial charge is 0.123 e. The molecule has 2 rings (SSSR count). The molecular weight excluding hydrogens is 252 g/mol. The second kappa shape index (κ2) is 6.46. The van der Waals surface area contributed by atoms with Crippen LogP contribution in [-0.2, 0) is 0 Å². The molecular formula is C16H26N2O2. The predicted octanol–water partition coefficient (Wildman–Crippen LogP) is 2.22. The Kier molecular flexibility index (Phi) is 4.89. The topological polar surface area (TPSA) is 46.9 Å². The number of aromatic hydroxyl groups is 1. The number of anilines is 1. The lowest BCUT2D eigenvalue weighted by atomic mass is 10.1. The fourth-order valence-electron chi connectivity index (χ4n) is 2.79. The lowest BCUT2D eigenvalue weighted by Gasteiger charge is -2.37. The van der Waals surface area contributed by atoms with Crippen LogP contribution < -0.4 is 4.90 Å². The van der Waals surface area contributed by atoms with Crippen molar-refractivity contribution in [1.82, 2.24) is 4.90 Å². The van der Waals surface area contributed by atoms with E-state index < -0.39 is 6.10 Å². The highest BCUT2D eigenvalue weighted by Gasteiger charge is 2.19. The first-order valence-corrected chi connectivity index (χ1v) is 7.45. The molecule has 4 nitrogen and oxygen atoms in total. The van der Waals surface area contributed by atoms with E-state index in [1.165, 1.54) is 0 Å². The van der Waals surface area contributed by atoms with E-state index in [9.17, 15) is 10.2 Å². The fourth-order valence-corrected chi connectivity index (χ4v) is 2.79. The van der Waals surface area contributed by atoms with Crippen molar-refractivity contribution in [3.05, 3.63) is 23.8 Å². The summed E-state index contributed by atoms with van der Waals surface area (Å²) < 4.78 is 0. The Morgan fingerprint density at radius 1 is 1.10 bits per heavy atom. The Bertz CT molecular complexity index is 438. The van der Waals surface area contributed by atoms with Gasteiger partial charge in [-0.1, -0.05) is 19.9 Å². The molecule has 1 saturated heterocycles. The molecule has 1 unspecified atom stereocenters. The van der Waals surface area contributed by atoms with Gasteiger partial charge in [0.25, 0.3) is 0 Å². The Hall–Kier alpha value is -1.26. The van der Waals surface area contributed by atoms with Crippen molar-refractivity contribution in [3.63, 3.8) is 0 Å². The van der Waals surface area contributed by atoms with E-state index in [0.29, 0.717) is 11.5 Å². The summed E-state index contributed by atoms with van der Waals surface area (Å²) in [6, 6.07) is 5.57. The third-order valence-electron chi connectivity index (χ3n) is 3.82. The average molecular weight is 278 g/mol. The van der Waals surface area contributed by atoms with E-state index in [-0.39, 0.29) is 5.75 Å². The molecule has 0 bridgehead atoms. The van der Waals surface area contributed by atoms with E-state index in [1.807, 2.05) is 12.1 Å². The van der Waals surface area contributed by atoms with E-state index in [4.69, 9.17) is 0 Å². The standard InChI is InChI=1S/C16H26N2O2/c1-12(2)11-17-6-8-18(9-7-17)14-4-5-15(13(3)19)16(20)10-14/h4-5,10,12-13,19-20H,6-9,11H2,1-3H3. The van der Waals surface area contributed by atoms with E-state index in [2.05, 4.69) is 23.6 Å². The summed E-state index contributed by atoms with van der Waals surface area (Å²) in [4.78, 5) is 4.79. The summed E-state index contributed by atoms with van der Waals surface area (Å²) in [5, 5.41) is 19.5. The van der Waals surface area contributed by atoms with Gasteiger partial charge in [-0.2, -0.15) is 0 Å². The third-order valence-corrected chi connectivity index (χ3v) is 3.82. The first-order chi connectivity index (χ1) is 9.47. The van der Waals surface area contributed by atoms with Gasteiger partial charge in [0.1, 0.15) is 5.75 Å². The Labute approximate surface area is 121 Å². The molecule has 20 heavy (non-hydrogen) atoms. The molecule has 0 spiro atoms. The van der Waals surface area contributed by atoms with Gasteiger partial charge in [0.15, 0.2) is 0 Å². The number of aliphatic hydroxyl groups is 1. The molecule has 0 aromatic heterocycles. The quantitative estimate of drug-likeness (QED) is 0.886. The minimum Gasteiger partial charge on any atom is -0.507 e. The van der Waals surface area contributed by atoms with Gasteiger partial charge in [-0.25, -0.2) is 0 Å². The number of rotatable bonds is 4. The van der Waals surface area contributed by atoms with Crippen molar-refractivity contribution in [2.75, 3.05) is 37.6 Å². The van der Waals surface area contributed by atoms with Crippen LogP contribution in [0.15, 0.2) is 18.2 Å². The van der Waals surface area contributed by atoms with Gasteiger partial charge in [-0.05, 0) is 18.9 Å². The second-order valence-electron chi connectivity index (χ2n) is 6.10. The normalized spacial score (nSPS) is 18.6. The van der Waals surface area contributed by atoms with Crippen LogP contribution in [0.3, 0.4) is 0 Å². The Morgan fingerprint density at radius 3 is 2.25 bits per heavy atom. The van der Waals surface area contributed by atoms with Gasteiger partial charge in [-0.15, -0.1) is 0 Å². The number of phenols is 1. The number of hydrogen-bond donors (Lipinski definition) is 2. The van der Waals surface area contributed by atoms with E-state index in [0.717, 1.165) is 38.4 Å². The molecule has 0 radical (unpaired) electrons. The maximum atomic E-state index is 9.97. The average Bonchev–Trinajstić information content (AvgIpc) is 2.38. The fraction of sp³-hybridized carbons (Fsp3) is 0.625. The summed E-state index contributed by atoms with van der Waals surface area (Å²) in [7, 11) is 0. The number of nitrogens with zero attached hydrogens (tertiary/aromatic N) is 2. The minimum absolute atomic E-state index is 0.183. The Morgan fingerprint density at radius 2 is 1.75 bits per heavy atom. The molecule has 0 amide bonds. The monoisotopic (exact) mass is 278 g/mol. The number of benzene rings is 1. The van der Waals surface area contributed by atoms with Gasteiger partial charge in [0.05, 0.1) is 6.10 Å². The number of hydrogen-bond acceptors (Lipinski definition) is 4. The van der Waals surface area contributed by atoms with Gasteiger partial charge >= 0.3 is 0 Å². The molecule has 2 N–H and O–H groups in total. The van der Waals surface area contributed by atoms with Gasteiger partial charge in [-0.3, -0.25) is 4.90 Å². The molecule has 1 aromatic carbocycles. The SMILES string of the molecule is CC(C)CN1CCN(c2ccc(C(C)O)c(O)c2)CC1. The van der Waals surface area contributed by atoms with Gasteiger partial charge in [0.2, 0.25) is 0 Å². The molecule has 0 aliphatic carbocycles. The molecule has 1 atom stereocenters. The van der Waals surface area contributed by atoms with Crippen molar-refractivity contribution in [2.45, 2.75) is 26.9 Å². The summed E-state index contributed by atoms with van der Waals surface area (Å²) in [5.74, 6) is 0.887. The zero-order chi connectivity index (χ0) is 14.7. The first kappa shape index (κ1) is 15.1. The number of phenolic OH excluding ortho intramolecular Hbond substituents is 1. The molecule has 1 aliphatic rings. The summed E-state index contributed by atoms with van der Waals surface area (Å²) in [6.45, 7) is 11.4. The van der Waals surface area contributed by atoms with Crippen LogP contribution in [0.4, 0.5) is 5.69 Å². The second-order valence-corrected chi connectivity index (χ2v) is 6.10. The van der Waals surface area contributed by atoms with Crippen LogP contribution in [0.25, 0.3) is 0 Å². The van der Waals surface area contributed by atoms with Crippen LogP contribution in [-0.4, -0.2) is 47.8 Å². The van der Waals surface area contributed by atoms with Crippen LogP contribution in [0.1, 0.15) is 32.4 Å². The highest BCUT2D eigenvalue weighted by Crippen LogP contribution is 2.29. The van der Waals surface area contributed by atoms with Crippen LogP contribution in [0.5, 0.6) is 5.75 Å². The van der Waals surface area contributed by atoms with Crippen LogP contribution in [0.2, 0.25) is 0 Å². The van der Waals surface area contributed by atoms with Crippen molar-refractivity contribution in [2.24, 2.45) is 5.92 Å². The first-order valence-electron chi connectivity index (χ1n) is 7.45. The molecule has 1 aromatic rings. The Balaban J connectivity index is 1.98. The maximum absolute atomic E-state index is 9.97. The van der Waals surface area contributed by atoms with Crippen molar-refractivity contribution >= 4 is 5.69 Å². The predicted molar refractivity (Wildman–Crippen MR) is 82.2 cm³/mol. The number of aliphatic hydroxyl groups excluding tert-OH is 1. The zero-order valence-electron chi connectivity index (χ0n) is 12.7. The van der Waals surface area contributed by atoms with E-state index >= 15 is 0 Å². The van der Waals surface area contributed by atoms with Crippen molar-refractivity contribution < 1.29 is 10.2 Å².